The minimum absolute atomic E-state index is 1.02. The van der Waals surface area contributed by atoms with E-state index in [1.165, 1.54) is 38.5 Å². The summed E-state index contributed by atoms with van der Waals surface area (Å²) in [6.45, 7) is 8.91. The molecule has 3 saturated carbocycles. The van der Waals surface area contributed by atoms with Gasteiger partial charge in [0.05, 0.1) is 0 Å². The molecule has 6 atom stereocenters. The van der Waals surface area contributed by atoms with Crippen LogP contribution in [0.5, 0.6) is 0 Å². The molecule has 0 N–H and O–H groups in total. The van der Waals surface area contributed by atoms with Crippen molar-refractivity contribution in [2.75, 3.05) is 0 Å². The van der Waals surface area contributed by atoms with Gasteiger partial charge in [0, 0.05) is 0 Å². The van der Waals surface area contributed by atoms with Gasteiger partial charge in [-0.05, 0) is 61.2 Å². The molecule has 3 aliphatic rings. The van der Waals surface area contributed by atoms with Crippen molar-refractivity contribution in [3.05, 3.63) is 0 Å². The number of hydrogen-bond donors (Lipinski definition) is 0. The minimum Gasteiger partial charge on any atom is -0.0683 e. The molecular formula is C25H48. The van der Waals surface area contributed by atoms with Crippen LogP contribution in [0.2, 0.25) is 0 Å². The summed E-state index contributed by atoms with van der Waals surface area (Å²) in [6.07, 6.45) is 23.0. The van der Waals surface area contributed by atoms with Crippen molar-refractivity contribution in [1.82, 2.24) is 0 Å². The second-order valence-electron chi connectivity index (χ2n) is 9.45. The Hall–Kier alpha value is 0. The highest BCUT2D eigenvalue weighted by Gasteiger charge is 2.37. The van der Waals surface area contributed by atoms with E-state index < -0.39 is 0 Å². The molecule has 0 nitrogen and oxygen atoms in total. The topological polar surface area (TPSA) is 0 Å². The first-order valence-corrected chi connectivity index (χ1v) is 12.3. The van der Waals surface area contributed by atoms with Crippen molar-refractivity contribution < 1.29 is 0 Å². The van der Waals surface area contributed by atoms with Gasteiger partial charge in [-0.25, -0.2) is 0 Å². The number of hydrogen-bond acceptors (Lipinski definition) is 0. The highest BCUT2D eigenvalue weighted by atomic mass is 14.4. The fraction of sp³-hybridized carbons (Fsp3) is 1.00. The molecule has 3 aliphatic carbocycles. The zero-order valence-corrected chi connectivity index (χ0v) is 18.1. The van der Waals surface area contributed by atoms with Crippen LogP contribution in [-0.4, -0.2) is 0 Å². The van der Waals surface area contributed by atoms with Crippen LogP contribution < -0.4 is 0 Å². The highest BCUT2D eigenvalue weighted by molar-refractivity contribution is 4.88. The van der Waals surface area contributed by atoms with E-state index in [0.717, 1.165) is 35.5 Å². The molecule has 0 amide bonds. The van der Waals surface area contributed by atoms with Gasteiger partial charge < -0.3 is 0 Å². The fourth-order valence-electron chi connectivity index (χ4n) is 6.74. The Balaban J connectivity index is 0.00000109. The lowest BCUT2D eigenvalue weighted by Gasteiger charge is -2.42. The standard InChI is InChI=1S/C23H42.C2H6/c1-3-4-5-9-20-15-14-18(2)22(20)17-16-21-12-8-11-19-10-6-7-13-23(19)21;1-2/h18-23H,3-17H2,1-2H3;1-2H3. The third-order valence-electron chi connectivity index (χ3n) is 8.10. The maximum Gasteiger partial charge on any atom is -0.0357 e. The van der Waals surface area contributed by atoms with Gasteiger partial charge >= 0.3 is 0 Å². The first-order valence-electron chi connectivity index (χ1n) is 12.3. The lowest BCUT2D eigenvalue weighted by Crippen LogP contribution is -2.31. The van der Waals surface area contributed by atoms with Crippen LogP contribution >= 0.6 is 0 Å². The van der Waals surface area contributed by atoms with Crippen molar-refractivity contribution in [3.8, 4) is 0 Å². The molecule has 0 aromatic rings. The third kappa shape index (κ3) is 6.00. The van der Waals surface area contributed by atoms with Crippen LogP contribution in [0.15, 0.2) is 0 Å². The number of rotatable bonds is 7. The lowest BCUT2D eigenvalue weighted by atomic mass is 9.64. The molecule has 0 heteroatoms. The van der Waals surface area contributed by atoms with Crippen LogP contribution in [-0.2, 0) is 0 Å². The Kier molecular flexibility index (Phi) is 9.93. The molecule has 0 aromatic carbocycles. The van der Waals surface area contributed by atoms with Gasteiger partial charge in [0.1, 0.15) is 0 Å². The first kappa shape index (κ1) is 21.3. The Labute approximate surface area is 159 Å². The van der Waals surface area contributed by atoms with Gasteiger partial charge in [-0.15, -0.1) is 0 Å². The van der Waals surface area contributed by atoms with Crippen molar-refractivity contribution in [2.45, 2.75) is 124 Å². The predicted octanol–water partition coefficient (Wildman–Crippen LogP) is 8.64. The molecule has 25 heavy (non-hydrogen) atoms. The minimum atomic E-state index is 1.02. The summed E-state index contributed by atoms with van der Waals surface area (Å²) in [5.41, 5.74) is 0. The summed E-state index contributed by atoms with van der Waals surface area (Å²) in [7, 11) is 0. The lowest BCUT2D eigenvalue weighted by molar-refractivity contribution is 0.0891. The first-order chi connectivity index (χ1) is 12.3. The predicted molar refractivity (Wildman–Crippen MR) is 113 cm³/mol. The molecular weight excluding hydrogens is 300 g/mol. The van der Waals surface area contributed by atoms with E-state index in [4.69, 9.17) is 0 Å². The normalized spacial score (nSPS) is 37.9. The Morgan fingerprint density at radius 2 is 1.44 bits per heavy atom. The van der Waals surface area contributed by atoms with E-state index in [0.29, 0.717) is 0 Å². The van der Waals surface area contributed by atoms with Gasteiger partial charge in [-0.2, -0.15) is 0 Å². The van der Waals surface area contributed by atoms with Crippen molar-refractivity contribution in [2.24, 2.45) is 35.5 Å². The van der Waals surface area contributed by atoms with E-state index in [-0.39, 0.29) is 0 Å². The summed E-state index contributed by atoms with van der Waals surface area (Å²) in [6, 6.07) is 0. The average Bonchev–Trinajstić information content (AvgIpc) is 3.01. The molecule has 0 aromatic heterocycles. The average molecular weight is 349 g/mol. The van der Waals surface area contributed by atoms with E-state index in [2.05, 4.69) is 13.8 Å². The van der Waals surface area contributed by atoms with Crippen molar-refractivity contribution >= 4 is 0 Å². The van der Waals surface area contributed by atoms with Gasteiger partial charge in [-0.3, -0.25) is 0 Å². The number of fused-ring (bicyclic) bond motifs is 1. The van der Waals surface area contributed by atoms with Crippen molar-refractivity contribution in [3.63, 3.8) is 0 Å². The third-order valence-corrected chi connectivity index (χ3v) is 8.10. The molecule has 3 rings (SSSR count). The largest absolute Gasteiger partial charge is 0.0683 e. The maximum atomic E-state index is 2.56. The molecule has 3 fully saturated rings. The second-order valence-corrected chi connectivity index (χ2v) is 9.45. The Morgan fingerprint density at radius 3 is 2.24 bits per heavy atom. The Morgan fingerprint density at radius 1 is 0.680 bits per heavy atom. The SMILES string of the molecule is CC.CCCCCC1CCC(C)C1CCC1CCCC2CCCCC21. The van der Waals surface area contributed by atoms with Gasteiger partial charge in [-0.1, -0.05) is 98.3 Å². The van der Waals surface area contributed by atoms with Crippen LogP contribution in [0.3, 0.4) is 0 Å². The van der Waals surface area contributed by atoms with Gasteiger partial charge in [0.25, 0.3) is 0 Å². The van der Waals surface area contributed by atoms with Gasteiger partial charge in [0.2, 0.25) is 0 Å². The van der Waals surface area contributed by atoms with E-state index in [1.807, 2.05) is 13.8 Å². The van der Waals surface area contributed by atoms with E-state index in [1.54, 1.807) is 57.8 Å². The summed E-state index contributed by atoms with van der Waals surface area (Å²) >= 11 is 0. The second kappa shape index (κ2) is 11.7. The quantitative estimate of drug-likeness (QED) is 0.404. The molecule has 0 saturated heterocycles. The smallest absolute Gasteiger partial charge is 0.0357 e. The fourth-order valence-corrected chi connectivity index (χ4v) is 6.74. The van der Waals surface area contributed by atoms with Crippen LogP contribution in [0.4, 0.5) is 0 Å². The van der Waals surface area contributed by atoms with Crippen LogP contribution in [0.1, 0.15) is 124 Å². The molecule has 0 aliphatic heterocycles. The van der Waals surface area contributed by atoms with Gasteiger partial charge in [0.15, 0.2) is 0 Å². The molecule has 0 bridgehead atoms. The molecule has 0 heterocycles. The summed E-state index contributed by atoms with van der Waals surface area (Å²) in [5, 5.41) is 0. The molecule has 0 radical (unpaired) electrons. The molecule has 0 spiro atoms. The zero-order chi connectivity index (χ0) is 18.1. The summed E-state index contributed by atoms with van der Waals surface area (Å²) in [5.74, 6) is 6.56. The number of unbranched alkanes of at least 4 members (excludes halogenated alkanes) is 2. The summed E-state index contributed by atoms with van der Waals surface area (Å²) in [4.78, 5) is 0. The molecule has 148 valence electrons. The van der Waals surface area contributed by atoms with Crippen LogP contribution in [0.25, 0.3) is 0 Å². The molecule has 6 unspecified atom stereocenters. The maximum absolute atomic E-state index is 2.56. The van der Waals surface area contributed by atoms with E-state index in [9.17, 15) is 0 Å². The van der Waals surface area contributed by atoms with Crippen LogP contribution in [0, 0.1) is 35.5 Å². The monoisotopic (exact) mass is 348 g/mol. The van der Waals surface area contributed by atoms with E-state index >= 15 is 0 Å². The summed E-state index contributed by atoms with van der Waals surface area (Å²) < 4.78 is 0. The van der Waals surface area contributed by atoms with Crippen molar-refractivity contribution in [1.29, 1.82) is 0 Å². The Bertz CT molecular complexity index is 331. The highest BCUT2D eigenvalue weighted by Crippen LogP contribution is 2.48. The zero-order valence-electron chi connectivity index (χ0n) is 18.1.